The van der Waals surface area contributed by atoms with Gasteiger partial charge in [0.1, 0.15) is 0 Å². The zero-order valence-corrected chi connectivity index (χ0v) is 17.7. The Bertz CT molecular complexity index is 865. The zero-order valence-electron chi connectivity index (χ0n) is 16.9. The molecule has 0 aromatic heterocycles. The summed E-state index contributed by atoms with van der Waals surface area (Å²) in [5.41, 5.74) is 2.63. The van der Waals surface area contributed by atoms with Gasteiger partial charge in [-0.2, -0.15) is 0 Å². The second-order valence-corrected chi connectivity index (χ2v) is 7.12. The molecule has 1 heterocycles. The Morgan fingerprint density at radius 3 is 1.93 bits per heavy atom. The van der Waals surface area contributed by atoms with Crippen molar-refractivity contribution < 1.29 is 19.1 Å². The van der Waals surface area contributed by atoms with E-state index < -0.39 is 4.92 Å². The number of aryl methyl sites for hydroxylation is 1. The lowest BCUT2D eigenvalue weighted by atomic mass is 10.1. The molecule has 0 amide bonds. The number of rotatable bonds is 6. The van der Waals surface area contributed by atoms with Crippen molar-refractivity contribution >= 4 is 28.7 Å². The lowest BCUT2D eigenvalue weighted by Crippen LogP contribution is -2.46. The summed E-state index contributed by atoms with van der Waals surface area (Å²) in [6.45, 7) is 4.82. The zero-order chi connectivity index (χ0) is 21.1. The number of ether oxygens (including phenoxy) is 3. The molecule has 9 heteroatoms. The van der Waals surface area contributed by atoms with Crippen LogP contribution in [0.1, 0.15) is 5.56 Å². The number of non-ortho nitro benzene ring substituents is 1. The van der Waals surface area contributed by atoms with Crippen molar-refractivity contribution in [2.45, 2.75) is 6.92 Å². The molecular formula is C20H24ClN3O5. The average molecular weight is 422 g/mol. The number of anilines is 2. The van der Waals surface area contributed by atoms with E-state index in [1.807, 2.05) is 19.1 Å². The first-order valence-electron chi connectivity index (χ1n) is 9.14. The van der Waals surface area contributed by atoms with Gasteiger partial charge in [0.05, 0.1) is 37.0 Å². The summed E-state index contributed by atoms with van der Waals surface area (Å²) in [7, 11) is 4.77. The number of piperazine rings is 1. The van der Waals surface area contributed by atoms with E-state index in [0.717, 1.165) is 43.1 Å². The summed E-state index contributed by atoms with van der Waals surface area (Å²) in [5, 5.41) is 11.4. The highest BCUT2D eigenvalue weighted by Gasteiger charge is 2.24. The molecular weight excluding hydrogens is 398 g/mol. The fraction of sp³-hybridized carbons (Fsp3) is 0.400. The normalized spacial score (nSPS) is 14.0. The molecule has 1 aliphatic rings. The van der Waals surface area contributed by atoms with Crippen LogP contribution in [0, 0.1) is 17.0 Å². The van der Waals surface area contributed by atoms with Crippen molar-refractivity contribution in [1.29, 1.82) is 0 Å². The van der Waals surface area contributed by atoms with E-state index in [1.165, 1.54) is 6.07 Å². The van der Waals surface area contributed by atoms with Gasteiger partial charge in [-0.15, -0.1) is 0 Å². The maximum Gasteiger partial charge on any atom is 0.271 e. The Morgan fingerprint density at radius 1 is 0.931 bits per heavy atom. The van der Waals surface area contributed by atoms with Gasteiger partial charge in [-0.25, -0.2) is 0 Å². The molecule has 0 aliphatic carbocycles. The maximum atomic E-state index is 11.0. The minimum Gasteiger partial charge on any atom is -0.493 e. The van der Waals surface area contributed by atoms with E-state index in [9.17, 15) is 10.1 Å². The summed E-state index contributed by atoms with van der Waals surface area (Å²) in [6.07, 6.45) is 0. The fourth-order valence-electron chi connectivity index (χ4n) is 3.66. The molecule has 0 saturated carbocycles. The van der Waals surface area contributed by atoms with Crippen LogP contribution in [0.5, 0.6) is 17.2 Å². The van der Waals surface area contributed by atoms with E-state index in [2.05, 4.69) is 9.80 Å². The molecule has 1 aliphatic heterocycles. The van der Waals surface area contributed by atoms with Gasteiger partial charge in [-0.05, 0) is 12.5 Å². The summed E-state index contributed by atoms with van der Waals surface area (Å²) >= 11 is 6.37. The van der Waals surface area contributed by atoms with E-state index in [1.54, 1.807) is 27.4 Å². The van der Waals surface area contributed by atoms with Crippen LogP contribution in [0.4, 0.5) is 17.1 Å². The predicted octanol–water partition coefficient (Wildman–Crippen LogP) is 3.91. The van der Waals surface area contributed by atoms with Crippen molar-refractivity contribution in [3.8, 4) is 17.2 Å². The van der Waals surface area contributed by atoms with Gasteiger partial charge in [0, 0.05) is 56.1 Å². The minimum atomic E-state index is -0.426. The van der Waals surface area contributed by atoms with Crippen LogP contribution in [-0.2, 0) is 0 Å². The third-order valence-corrected chi connectivity index (χ3v) is 5.35. The molecule has 156 valence electrons. The second-order valence-electron chi connectivity index (χ2n) is 6.71. The third kappa shape index (κ3) is 4.12. The van der Waals surface area contributed by atoms with E-state index in [4.69, 9.17) is 25.8 Å². The number of nitro benzene ring substituents is 1. The van der Waals surface area contributed by atoms with Gasteiger partial charge in [-0.3, -0.25) is 10.1 Å². The van der Waals surface area contributed by atoms with Gasteiger partial charge in [0.15, 0.2) is 11.5 Å². The maximum absolute atomic E-state index is 11.0. The minimum absolute atomic E-state index is 0.00677. The van der Waals surface area contributed by atoms with Crippen molar-refractivity contribution in [3.63, 3.8) is 0 Å². The Hall–Kier alpha value is -2.87. The van der Waals surface area contributed by atoms with Crippen molar-refractivity contribution in [1.82, 2.24) is 0 Å². The molecule has 0 spiro atoms. The van der Waals surface area contributed by atoms with Crippen molar-refractivity contribution in [3.05, 3.63) is 45.0 Å². The van der Waals surface area contributed by atoms with Gasteiger partial charge in [0.2, 0.25) is 5.75 Å². The van der Waals surface area contributed by atoms with E-state index in [0.29, 0.717) is 22.3 Å². The van der Waals surface area contributed by atoms with Gasteiger partial charge < -0.3 is 24.0 Å². The summed E-state index contributed by atoms with van der Waals surface area (Å²) in [4.78, 5) is 15.0. The lowest BCUT2D eigenvalue weighted by molar-refractivity contribution is -0.384. The molecule has 2 aromatic carbocycles. The Balaban J connectivity index is 1.80. The number of hydrogen-bond donors (Lipinski definition) is 0. The van der Waals surface area contributed by atoms with Gasteiger partial charge in [0.25, 0.3) is 5.69 Å². The number of nitrogens with zero attached hydrogens (tertiary/aromatic N) is 3. The molecule has 0 N–H and O–H groups in total. The first-order chi connectivity index (χ1) is 13.9. The van der Waals surface area contributed by atoms with Crippen molar-refractivity contribution in [2.24, 2.45) is 0 Å². The van der Waals surface area contributed by atoms with Crippen LogP contribution >= 0.6 is 11.6 Å². The SMILES string of the molecule is COc1cc(N2CCN(c3c(C)cc([N+](=O)[O-])cc3Cl)CC2)cc(OC)c1OC. The molecule has 29 heavy (non-hydrogen) atoms. The number of benzene rings is 2. The monoisotopic (exact) mass is 421 g/mol. The quantitative estimate of drug-likeness (QED) is 0.517. The fourth-order valence-corrected chi connectivity index (χ4v) is 4.04. The molecule has 0 atom stereocenters. The van der Waals surface area contributed by atoms with E-state index >= 15 is 0 Å². The summed E-state index contributed by atoms with van der Waals surface area (Å²) < 4.78 is 16.3. The van der Waals surface area contributed by atoms with Crippen molar-refractivity contribution in [2.75, 3.05) is 57.3 Å². The van der Waals surface area contributed by atoms with Gasteiger partial charge in [-0.1, -0.05) is 11.6 Å². The predicted molar refractivity (Wildman–Crippen MR) is 113 cm³/mol. The molecule has 0 bridgehead atoms. The number of hydrogen-bond acceptors (Lipinski definition) is 7. The number of methoxy groups -OCH3 is 3. The standard InChI is InChI=1S/C20H24ClN3O5/c1-13-9-15(24(25)26)10-16(21)19(13)23-7-5-22(6-8-23)14-11-17(27-2)20(29-4)18(12-14)28-3/h9-12H,5-8H2,1-4H3. The molecule has 0 radical (unpaired) electrons. The van der Waals surface area contributed by atoms with Crippen LogP contribution in [0.15, 0.2) is 24.3 Å². The largest absolute Gasteiger partial charge is 0.493 e. The highest BCUT2D eigenvalue weighted by molar-refractivity contribution is 6.33. The number of halogens is 1. The molecule has 8 nitrogen and oxygen atoms in total. The average Bonchev–Trinajstić information content (AvgIpc) is 2.72. The topological polar surface area (TPSA) is 77.3 Å². The van der Waals surface area contributed by atoms with E-state index in [-0.39, 0.29) is 5.69 Å². The molecule has 1 saturated heterocycles. The first kappa shape index (κ1) is 20.9. The molecule has 0 unspecified atom stereocenters. The number of nitro groups is 1. The van der Waals surface area contributed by atoms with Crippen LogP contribution in [0.25, 0.3) is 0 Å². The second kappa shape index (κ2) is 8.65. The van der Waals surface area contributed by atoms with Crippen LogP contribution in [0.3, 0.4) is 0 Å². The molecule has 3 rings (SSSR count). The van der Waals surface area contributed by atoms with Crippen LogP contribution in [-0.4, -0.2) is 52.4 Å². The Morgan fingerprint density at radius 2 is 1.48 bits per heavy atom. The van der Waals surface area contributed by atoms with Crippen LogP contribution in [0.2, 0.25) is 5.02 Å². The lowest BCUT2D eigenvalue weighted by Gasteiger charge is -2.38. The highest BCUT2D eigenvalue weighted by atomic mass is 35.5. The first-order valence-corrected chi connectivity index (χ1v) is 9.51. The Kier molecular flexibility index (Phi) is 6.22. The smallest absolute Gasteiger partial charge is 0.271 e. The summed E-state index contributed by atoms with van der Waals surface area (Å²) in [5.74, 6) is 1.78. The highest BCUT2D eigenvalue weighted by Crippen LogP contribution is 2.41. The molecule has 1 fully saturated rings. The third-order valence-electron chi connectivity index (χ3n) is 5.06. The Labute approximate surface area is 174 Å². The van der Waals surface area contributed by atoms with Crippen LogP contribution < -0.4 is 24.0 Å². The van der Waals surface area contributed by atoms with Gasteiger partial charge >= 0.3 is 0 Å². The molecule has 2 aromatic rings. The summed E-state index contributed by atoms with van der Waals surface area (Å²) in [6, 6.07) is 6.84.